The topological polar surface area (TPSA) is 38.7 Å². The monoisotopic (exact) mass is 314 g/mol. The third-order valence-electron chi connectivity index (χ3n) is 3.14. The van der Waals surface area contributed by atoms with E-state index in [1.165, 1.54) is 0 Å². The minimum absolute atomic E-state index is 0.343. The summed E-state index contributed by atoms with van der Waals surface area (Å²) in [4.78, 5) is 0. The SMILES string of the molecule is CC(O)c1cc(Br)ccc1OCCC1CCCO1. The van der Waals surface area contributed by atoms with Crippen LogP contribution in [-0.2, 0) is 4.74 Å². The van der Waals surface area contributed by atoms with Crippen molar-refractivity contribution in [1.29, 1.82) is 0 Å². The maximum atomic E-state index is 9.71. The molecule has 0 aromatic heterocycles. The van der Waals surface area contributed by atoms with E-state index in [1.807, 2.05) is 18.2 Å². The van der Waals surface area contributed by atoms with Crippen molar-refractivity contribution in [3.63, 3.8) is 0 Å². The van der Waals surface area contributed by atoms with Crippen LogP contribution in [0.5, 0.6) is 5.75 Å². The Morgan fingerprint density at radius 1 is 1.56 bits per heavy atom. The fourth-order valence-corrected chi connectivity index (χ4v) is 2.53. The van der Waals surface area contributed by atoms with Crippen molar-refractivity contribution in [3.05, 3.63) is 28.2 Å². The van der Waals surface area contributed by atoms with Crippen molar-refractivity contribution in [2.75, 3.05) is 13.2 Å². The zero-order valence-corrected chi connectivity index (χ0v) is 12.1. The molecule has 2 rings (SSSR count). The molecule has 2 atom stereocenters. The molecule has 0 bridgehead atoms. The molecular formula is C14H19BrO3. The van der Waals surface area contributed by atoms with Crippen molar-refractivity contribution in [2.24, 2.45) is 0 Å². The molecule has 0 aliphatic carbocycles. The molecule has 1 aliphatic heterocycles. The zero-order chi connectivity index (χ0) is 13.0. The van der Waals surface area contributed by atoms with Crippen LogP contribution in [0.25, 0.3) is 0 Å². The van der Waals surface area contributed by atoms with Crippen LogP contribution in [0.15, 0.2) is 22.7 Å². The van der Waals surface area contributed by atoms with E-state index in [4.69, 9.17) is 9.47 Å². The van der Waals surface area contributed by atoms with Gasteiger partial charge in [0.05, 0.1) is 18.8 Å². The van der Waals surface area contributed by atoms with E-state index in [2.05, 4.69) is 15.9 Å². The molecule has 4 heteroatoms. The first-order chi connectivity index (χ1) is 8.66. The summed E-state index contributed by atoms with van der Waals surface area (Å²) in [5.41, 5.74) is 0.816. The number of hydrogen-bond donors (Lipinski definition) is 1. The Bertz CT molecular complexity index is 387. The van der Waals surface area contributed by atoms with E-state index in [1.54, 1.807) is 6.92 Å². The lowest BCUT2D eigenvalue weighted by atomic mass is 10.1. The van der Waals surface area contributed by atoms with Gasteiger partial charge in [-0.3, -0.25) is 0 Å². The lowest BCUT2D eigenvalue weighted by molar-refractivity contribution is 0.0896. The van der Waals surface area contributed by atoms with E-state index in [9.17, 15) is 5.11 Å². The van der Waals surface area contributed by atoms with E-state index < -0.39 is 6.10 Å². The summed E-state index contributed by atoms with van der Waals surface area (Å²) in [6, 6.07) is 5.71. The first-order valence-corrected chi connectivity index (χ1v) is 7.18. The van der Waals surface area contributed by atoms with Crippen LogP contribution in [0.3, 0.4) is 0 Å². The van der Waals surface area contributed by atoms with Crippen LogP contribution in [0, 0.1) is 0 Å². The number of aliphatic hydroxyl groups is 1. The predicted octanol–water partition coefficient (Wildman–Crippen LogP) is 3.45. The van der Waals surface area contributed by atoms with Gasteiger partial charge < -0.3 is 14.6 Å². The van der Waals surface area contributed by atoms with Gasteiger partial charge in [0, 0.05) is 23.1 Å². The fraction of sp³-hybridized carbons (Fsp3) is 0.571. The van der Waals surface area contributed by atoms with Crippen molar-refractivity contribution >= 4 is 15.9 Å². The molecule has 18 heavy (non-hydrogen) atoms. The zero-order valence-electron chi connectivity index (χ0n) is 10.6. The summed E-state index contributed by atoms with van der Waals surface area (Å²) in [6.45, 7) is 3.25. The summed E-state index contributed by atoms with van der Waals surface area (Å²) in [5.74, 6) is 0.756. The summed E-state index contributed by atoms with van der Waals surface area (Å²) in [6.07, 6.45) is 3.01. The molecule has 1 N–H and O–H groups in total. The maximum Gasteiger partial charge on any atom is 0.125 e. The second-order valence-electron chi connectivity index (χ2n) is 4.63. The highest BCUT2D eigenvalue weighted by atomic mass is 79.9. The Kier molecular flexibility index (Phi) is 5.03. The quantitative estimate of drug-likeness (QED) is 0.904. The third kappa shape index (κ3) is 3.70. The molecule has 100 valence electrons. The van der Waals surface area contributed by atoms with Crippen molar-refractivity contribution in [1.82, 2.24) is 0 Å². The van der Waals surface area contributed by atoms with Gasteiger partial charge in [0.15, 0.2) is 0 Å². The number of rotatable bonds is 5. The van der Waals surface area contributed by atoms with Crippen molar-refractivity contribution in [3.8, 4) is 5.75 Å². The first-order valence-electron chi connectivity index (χ1n) is 6.38. The average Bonchev–Trinajstić information content (AvgIpc) is 2.84. The molecule has 0 saturated carbocycles. The highest BCUT2D eigenvalue weighted by Crippen LogP contribution is 2.28. The van der Waals surface area contributed by atoms with Crippen molar-refractivity contribution < 1.29 is 14.6 Å². The van der Waals surface area contributed by atoms with Gasteiger partial charge in [0.25, 0.3) is 0 Å². The van der Waals surface area contributed by atoms with Crippen LogP contribution in [0.2, 0.25) is 0 Å². The number of hydrogen-bond acceptors (Lipinski definition) is 3. The highest BCUT2D eigenvalue weighted by molar-refractivity contribution is 9.10. The average molecular weight is 315 g/mol. The Morgan fingerprint density at radius 2 is 2.39 bits per heavy atom. The van der Waals surface area contributed by atoms with Gasteiger partial charge in [-0.1, -0.05) is 15.9 Å². The molecule has 1 saturated heterocycles. The van der Waals surface area contributed by atoms with Gasteiger partial charge in [0.1, 0.15) is 5.75 Å². The number of aliphatic hydroxyl groups excluding tert-OH is 1. The number of benzene rings is 1. The van der Waals surface area contributed by atoms with Gasteiger partial charge in [-0.05, 0) is 38.0 Å². The van der Waals surface area contributed by atoms with Gasteiger partial charge >= 0.3 is 0 Å². The standard InChI is InChI=1S/C14H19BrO3/c1-10(16)13-9-11(15)4-5-14(13)18-8-6-12-3-2-7-17-12/h4-5,9-10,12,16H,2-3,6-8H2,1H3. The van der Waals surface area contributed by atoms with Crippen LogP contribution in [0.4, 0.5) is 0 Å². The van der Waals surface area contributed by atoms with E-state index >= 15 is 0 Å². The van der Waals surface area contributed by atoms with E-state index in [0.29, 0.717) is 12.7 Å². The number of halogens is 1. The molecule has 1 aliphatic rings. The minimum Gasteiger partial charge on any atom is -0.493 e. The van der Waals surface area contributed by atoms with E-state index in [-0.39, 0.29) is 0 Å². The summed E-state index contributed by atoms with van der Waals surface area (Å²) >= 11 is 3.40. The Labute approximate surface area is 116 Å². The molecule has 3 nitrogen and oxygen atoms in total. The molecule has 1 heterocycles. The second kappa shape index (κ2) is 6.55. The molecule has 0 spiro atoms. The van der Waals surface area contributed by atoms with Gasteiger partial charge in [0.2, 0.25) is 0 Å². The first kappa shape index (κ1) is 13.8. The van der Waals surface area contributed by atoms with Crippen LogP contribution in [-0.4, -0.2) is 24.4 Å². The van der Waals surface area contributed by atoms with Crippen LogP contribution >= 0.6 is 15.9 Å². The molecule has 0 radical (unpaired) electrons. The highest BCUT2D eigenvalue weighted by Gasteiger charge is 2.16. The molecule has 1 fully saturated rings. The van der Waals surface area contributed by atoms with Gasteiger partial charge in [-0.15, -0.1) is 0 Å². The molecule has 2 unspecified atom stereocenters. The van der Waals surface area contributed by atoms with Crippen LogP contribution in [0.1, 0.15) is 37.9 Å². The Hall–Kier alpha value is -0.580. The van der Waals surface area contributed by atoms with Crippen LogP contribution < -0.4 is 4.74 Å². The Morgan fingerprint density at radius 3 is 3.06 bits per heavy atom. The largest absolute Gasteiger partial charge is 0.493 e. The molecule has 1 aromatic carbocycles. The minimum atomic E-state index is -0.528. The van der Waals surface area contributed by atoms with E-state index in [0.717, 1.165) is 41.7 Å². The lowest BCUT2D eigenvalue weighted by Gasteiger charge is -2.15. The second-order valence-corrected chi connectivity index (χ2v) is 5.55. The van der Waals surface area contributed by atoms with Gasteiger partial charge in [-0.25, -0.2) is 0 Å². The van der Waals surface area contributed by atoms with Gasteiger partial charge in [-0.2, -0.15) is 0 Å². The Balaban J connectivity index is 1.91. The number of ether oxygens (including phenoxy) is 2. The molecule has 0 amide bonds. The lowest BCUT2D eigenvalue weighted by Crippen LogP contribution is -2.11. The summed E-state index contributed by atoms with van der Waals surface area (Å²) in [7, 11) is 0. The fourth-order valence-electron chi connectivity index (χ4n) is 2.15. The predicted molar refractivity (Wildman–Crippen MR) is 73.9 cm³/mol. The normalized spacial score (nSPS) is 20.9. The maximum absolute atomic E-state index is 9.71. The molecular weight excluding hydrogens is 296 g/mol. The summed E-state index contributed by atoms with van der Waals surface area (Å²) < 4.78 is 12.3. The smallest absolute Gasteiger partial charge is 0.125 e. The van der Waals surface area contributed by atoms with Crippen molar-refractivity contribution in [2.45, 2.75) is 38.4 Å². The molecule has 1 aromatic rings. The summed E-state index contributed by atoms with van der Waals surface area (Å²) in [5, 5.41) is 9.71. The third-order valence-corrected chi connectivity index (χ3v) is 3.64.